The van der Waals surface area contributed by atoms with Gasteiger partial charge in [-0.1, -0.05) is 24.3 Å². The van der Waals surface area contributed by atoms with Crippen LogP contribution in [0.1, 0.15) is 11.1 Å². The van der Waals surface area contributed by atoms with Crippen LogP contribution in [0.5, 0.6) is 0 Å². The van der Waals surface area contributed by atoms with Crippen molar-refractivity contribution in [2.75, 3.05) is 20.2 Å². The molecular weight excluding hydrogens is 216 g/mol. The fraction of sp³-hybridized carbons (Fsp3) is 0.462. The molecule has 0 saturated carbocycles. The van der Waals surface area contributed by atoms with Crippen molar-refractivity contribution in [3.05, 3.63) is 35.4 Å². The first-order valence-corrected chi connectivity index (χ1v) is 5.74. The maximum Gasteiger partial charge on any atom is 0.250 e. The number of nitrogens with one attached hydrogen (secondary N) is 1. The number of amides is 1. The summed E-state index contributed by atoms with van der Waals surface area (Å²) in [6, 6.07) is 8.14. The lowest BCUT2D eigenvalue weighted by atomic mass is 10.1. The zero-order valence-electron chi connectivity index (χ0n) is 10.4. The molecule has 0 aliphatic heterocycles. The third kappa shape index (κ3) is 4.17. The molecule has 4 nitrogen and oxygen atoms in total. The van der Waals surface area contributed by atoms with Gasteiger partial charge in [0.15, 0.2) is 0 Å². The Kier molecular flexibility index (Phi) is 5.66. The van der Waals surface area contributed by atoms with Crippen LogP contribution in [0.25, 0.3) is 0 Å². The molecule has 0 heterocycles. The van der Waals surface area contributed by atoms with E-state index in [1.165, 1.54) is 18.2 Å². The van der Waals surface area contributed by atoms with E-state index < -0.39 is 6.10 Å². The normalized spacial score (nSPS) is 12.2. The van der Waals surface area contributed by atoms with E-state index >= 15 is 0 Å². The van der Waals surface area contributed by atoms with Gasteiger partial charge in [0.25, 0.3) is 0 Å². The molecule has 1 unspecified atom stereocenters. The first kappa shape index (κ1) is 13.7. The van der Waals surface area contributed by atoms with Gasteiger partial charge in [0.05, 0.1) is 0 Å². The van der Waals surface area contributed by atoms with E-state index in [2.05, 4.69) is 24.4 Å². The molecule has 0 radical (unpaired) electrons. The first-order chi connectivity index (χ1) is 8.19. The highest BCUT2D eigenvalue weighted by molar-refractivity contribution is 5.80. The number of hydrogen-bond donors (Lipinski definition) is 2. The molecule has 0 fully saturated rings. The Labute approximate surface area is 102 Å². The fourth-order valence-corrected chi connectivity index (χ4v) is 1.64. The Morgan fingerprint density at radius 3 is 2.76 bits per heavy atom. The van der Waals surface area contributed by atoms with E-state index in [4.69, 9.17) is 10.5 Å². The summed E-state index contributed by atoms with van der Waals surface area (Å²) in [5.74, 6) is -0.149. The summed E-state index contributed by atoms with van der Waals surface area (Å²) in [5.41, 5.74) is 7.89. The minimum Gasteiger partial charge on any atom is -0.370 e. The van der Waals surface area contributed by atoms with Crippen molar-refractivity contribution in [1.29, 1.82) is 0 Å². The summed E-state index contributed by atoms with van der Waals surface area (Å²) >= 11 is 0. The Hall–Kier alpha value is -1.39. The van der Waals surface area contributed by atoms with Gasteiger partial charge >= 0.3 is 0 Å². The molecule has 94 valence electrons. The Balaban J connectivity index is 2.38. The molecule has 4 heteroatoms. The molecule has 0 bridgehead atoms. The second-order valence-corrected chi connectivity index (χ2v) is 3.93. The van der Waals surface area contributed by atoms with E-state index in [0.29, 0.717) is 6.54 Å². The number of ether oxygens (including phenoxy) is 1. The van der Waals surface area contributed by atoms with Crippen LogP contribution >= 0.6 is 0 Å². The maximum atomic E-state index is 11.6. The summed E-state index contributed by atoms with van der Waals surface area (Å²) in [4.78, 5) is 11.6. The number of rotatable bonds is 6. The Morgan fingerprint density at radius 1 is 1.47 bits per heavy atom. The van der Waals surface area contributed by atoms with Crippen LogP contribution < -0.4 is 11.1 Å². The number of nitrogens with two attached hydrogens (primary N) is 1. The predicted molar refractivity (Wildman–Crippen MR) is 67.7 cm³/mol. The van der Waals surface area contributed by atoms with Gasteiger partial charge in [0.2, 0.25) is 5.91 Å². The molecule has 1 atom stereocenters. The smallest absolute Gasteiger partial charge is 0.250 e. The van der Waals surface area contributed by atoms with Crippen molar-refractivity contribution in [1.82, 2.24) is 5.32 Å². The molecule has 1 amide bonds. The molecular formula is C13H20N2O2. The van der Waals surface area contributed by atoms with Gasteiger partial charge in [0, 0.05) is 20.2 Å². The molecule has 1 rings (SSSR count). The topological polar surface area (TPSA) is 64.3 Å². The average molecular weight is 236 g/mol. The summed E-state index contributed by atoms with van der Waals surface area (Å²) in [5, 5.41) is 2.82. The van der Waals surface area contributed by atoms with Gasteiger partial charge in [-0.3, -0.25) is 4.79 Å². The van der Waals surface area contributed by atoms with Crippen molar-refractivity contribution in [2.45, 2.75) is 19.4 Å². The largest absolute Gasteiger partial charge is 0.370 e. The molecule has 0 aliphatic carbocycles. The van der Waals surface area contributed by atoms with Crippen LogP contribution in [0, 0.1) is 6.92 Å². The van der Waals surface area contributed by atoms with E-state index in [1.807, 2.05) is 12.1 Å². The van der Waals surface area contributed by atoms with Crippen molar-refractivity contribution in [3.63, 3.8) is 0 Å². The van der Waals surface area contributed by atoms with Crippen LogP contribution in [0.15, 0.2) is 24.3 Å². The monoisotopic (exact) mass is 236 g/mol. The minimum atomic E-state index is -0.549. The quantitative estimate of drug-likeness (QED) is 0.761. The molecule has 1 aromatic rings. The number of carbonyl (C=O) groups excluding carboxylic acids is 1. The highest BCUT2D eigenvalue weighted by Gasteiger charge is 2.14. The zero-order chi connectivity index (χ0) is 12.7. The second kappa shape index (κ2) is 7.04. The third-order valence-corrected chi connectivity index (χ3v) is 2.75. The number of benzene rings is 1. The van der Waals surface area contributed by atoms with E-state index in [0.717, 1.165) is 6.42 Å². The van der Waals surface area contributed by atoms with Crippen molar-refractivity contribution in [3.8, 4) is 0 Å². The van der Waals surface area contributed by atoms with Crippen molar-refractivity contribution >= 4 is 5.91 Å². The van der Waals surface area contributed by atoms with Gasteiger partial charge in [-0.05, 0) is 24.5 Å². The molecule has 0 aliphatic rings. The van der Waals surface area contributed by atoms with E-state index in [9.17, 15) is 4.79 Å². The Morgan fingerprint density at radius 2 is 2.18 bits per heavy atom. The molecule has 0 saturated heterocycles. The summed E-state index contributed by atoms with van der Waals surface area (Å²) in [6.07, 6.45) is 0.270. The standard InChI is InChI=1S/C13H20N2O2/c1-10-5-3-4-6-11(10)7-8-15-13(16)12(9-14)17-2/h3-6,12H,7-9,14H2,1-2H3,(H,15,16). The van der Waals surface area contributed by atoms with Crippen molar-refractivity contribution in [2.24, 2.45) is 5.73 Å². The third-order valence-electron chi connectivity index (χ3n) is 2.75. The minimum absolute atomic E-state index is 0.149. The molecule has 3 N–H and O–H groups in total. The second-order valence-electron chi connectivity index (χ2n) is 3.93. The highest BCUT2D eigenvalue weighted by Crippen LogP contribution is 2.06. The molecule has 1 aromatic carbocycles. The summed E-state index contributed by atoms with van der Waals surface area (Å²) in [6.45, 7) is 2.87. The van der Waals surface area contributed by atoms with Crippen molar-refractivity contribution < 1.29 is 9.53 Å². The van der Waals surface area contributed by atoms with Crippen LogP contribution in [0.4, 0.5) is 0 Å². The lowest BCUT2D eigenvalue weighted by molar-refractivity contribution is -0.130. The van der Waals surface area contributed by atoms with Gasteiger partial charge in [-0.15, -0.1) is 0 Å². The number of aryl methyl sites for hydroxylation is 1. The average Bonchev–Trinajstić information content (AvgIpc) is 2.33. The lowest BCUT2D eigenvalue weighted by Gasteiger charge is -2.13. The SMILES string of the molecule is COC(CN)C(=O)NCCc1ccccc1C. The molecule has 17 heavy (non-hydrogen) atoms. The van der Waals surface area contributed by atoms with E-state index in [1.54, 1.807) is 0 Å². The summed E-state index contributed by atoms with van der Waals surface area (Å²) < 4.78 is 4.95. The molecule has 0 spiro atoms. The molecule has 0 aromatic heterocycles. The van der Waals surface area contributed by atoms with Crippen LogP contribution in [-0.4, -0.2) is 32.2 Å². The van der Waals surface area contributed by atoms with Crippen LogP contribution in [0.3, 0.4) is 0 Å². The van der Waals surface area contributed by atoms with Crippen LogP contribution in [-0.2, 0) is 16.0 Å². The van der Waals surface area contributed by atoms with E-state index in [-0.39, 0.29) is 12.5 Å². The lowest BCUT2D eigenvalue weighted by Crippen LogP contribution is -2.41. The first-order valence-electron chi connectivity index (χ1n) is 5.74. The number of methoxy groups -OCH3 is 1. The summed E-state index contributed by atoms with van der Waals surface area (Å²) in [7, 11) is 1.48. The predicted octanol–water partition coefficient (Wildman–Crippen LogP) is 0.627. The zero-order valence-corrected chi connectivity index (χ0v) is 10.4. The van der Waals surface area contributed by atoms with Gasteiger partial charge in [-0.25, -0.2) is 0 Å². The highest BCUT2D eigenvalue weighted by atomic mass is 16.5. The number of hydrogen-bond acceptors (Lipinski definition) is 3. The number of carbonyl (C=O) groups is 1. The van der Waals surface area contributed by atoms with Gasteiger partial charge in [-0.2, -0.15) is 0 Å². The van der Waals surface area contributed by atoms with Gasteiger partial charge < -0.3 is 15.8 Å². The van der Waals surface area contributed by atoms with Gasteiger partial charge in [0.1, 0.15) is 6.10 Å². The van der Waals surface area contributed by atoms with Crippen LogP contribution in [0.2, 0.25) is 0 Å². The fourth-order valence-electron chi connectivity index (χ4n) is 1.64. The Bertz CT molecular complexity index is 362. The maximum absolute atomic E-state index is 11.6.